The summed E-state index contributed by atoms with van der Waals surface area (Å²) >= 11 is 0. The van der Waals surface area contributed by atoms with Gasteiger partial charge in [-0.3, -0.25) is 9.78 Å². The Labute approximate surface area is 161 Å². The smallest absolute Gasteiger partial charge is 0.252 e. The van der Waals surface area contributed by atoms with Gasteiger partial charge in [-0.2, -0.15) is 0 Å². The zero-order chi connectivity index (χ0) is 19.3. The largest absolute Gasteiger partial charge is 0.508 e. The quantitative estimate of drug-likeness (QED) is 0.542. The fourth-order valence-electron chi connectivity index (χ4n) is 2.96. The molecule has 3 heterocycles. The van der Waals surface area contributed by atoms with E-state index >= 15 is 0 Å². The molecule has 140 valence electrons. The number of imidazole rings is 1. The number of aromatic hydroxyl groups is 1. The number of hydrogen-bond acceptors (Lipinski definition) is 5. The van der Waals surface area contributed by atoms with Crippen LogP contribution in [0.5, 0.6) is 5.75 Å². The van der Waals surface area contributed by atoms with Crippen molar-refractivity contribution >= 4 is 17.1 Å². The Morgan fingerprint density at radius 1 is 1.07 bits per heavy atom. The fraction of sp³-hybridized carbons (Fsp3) is 0.143. The number of benzene rings is 1. The molecule has 0 atom stereocenters. The molecule has 3 aromatic heterocycles. The van der Waals surface area contributed by atoms with Crippen LogP contribution in [0.2, 0.25) is 0 Å². The minimum atomic E-state index is -0.185. The lowest BCUT2D eigenvalue weighted by molar-refractivity contribution is 0.0954. The van der Waals surface area contributed by atoms with Gasteiger partial charge in [0.25, 0.3) is 5.91 Å². The van der Waals surface area contributed by atoms with Gasteiger partial charge < -0.3 is 15.0 Å². The summed E-state index contributed by atoms with van der Waals surface area (Å²) in [6.07, 6.45) is 7.51. The summed E-state index contributed by atoms with van der Waals surface area (Å²) in [5.41, 5.74) is 3.98. The van der Waals surface area contributed by atoms with E-state index in [-0.39, 0.29) is 11.7 Å². The van der Waals surface area contributed by atoms with E-state index in [9.17, 15) is 9.90 Å². The number of amides is 1. The molecule has 0 fully saturated rings. The van der Waals surface area contributed by atoms with Crippen LogP contribution in [0.3, 0.4) is 0 Å². The maximum absolute atomic E-state index is 12.4. The summed E-state index contributed by atoms with van der Waals surface area (Å²) < 4.78 is 1.93. The van der Waals surface area contributed by atoms with Crippen LogP contribution in [0.1, 0.15) is 21.5 Å². The number of nitrogens with one attached hydrogen (secondary N) is 1. The summed E-state index contributed by atoms with van der Waals surface area (Å²) in [4.78, 5) is 25.3. The Bertz CT molecular complexity index is 1090. The first-order valence-electron chi connectivity index (χ1n) is 8.95. The van der Waals surface area contributed by atoms with Crippen molar-refractivity contribution in [2.24, 2.45) is 0 Å². The maximum atomic E-state index is 12.4. The number of carbonyl (C=O) groups excluding carboxylic acids is 1. The number of hydrogen-bond donors (Lipinski definition) is 2. The maximum Gasteiger partial charge on any atom is 0.252 e. The molecular formula is C21H19N5O2. The highest BCUT2D eigenvalue weighted by Gasteiger charge is 2.11. The van der Waals surface area contributed by atoms with Crippen LogP contribution in [0.15, 0.2) is 67.4 Å². The lowest BCUT2D eigenvalue weighted by Gasteiger charge is -2.06. The van der Waals surface area contributed by atoms with Crippen LogP contribution >= 0.6 is 0 Å². The summed E-state index contributed by atoms with van der Waals surface area (Å²) in [6, 6.07) is 12.6. The molecular weight excluding hydrogens is 354 g/mol. The van der Waals surface area contributed by atoms with Crippen molar-refractivity contribution in [3.8, 4) is 5.75 Å². The summed E-state index contributed by atoms with van der Waals surface area (Å²) in [7, 11) is 0. The molecule has 1 amide bonds. The molecule has 0 bridgehead atoms. The highest BCUT2D eigenvalue weighted by molar-refractivity contribution is 5.96. The standard InChI is InChI=1S/C21H19N5O2/c27-18-5-3-15(4-6-18)7-9-23-21(28)17-10-19-20(24-12-17)26(14-25-19)13-16-2-1-8-22-11-16/h1-6,8,10-12,14,27H,7,9,13H2,(H,23,28). The van der Waals surface area contributed by atoms with Crippen LogP contribution in [0, 0.1) is 0 Å². The van der Waals surface area contributed by atoms with Crippen LogP contribution < -0.4 is 5.32 Å². The van der Waals surface area contributed by atoms with Crippen molar-refractivity contribution in [3.63, 3.8) is 0 Å². The van der Waals surface area contributed by atoms with E-state index in [1.807, 2.05) is 35.0 Å². The minimum absolute atomic E-state index is 0.185. The van der Waals surface area contributed by atoms with Crippen molar-refractivity contribution in [3.05, 3.63) is 84.1 Å². The zero-order valence-corrected chi connectivity index (χ0v) is 15.1. The van der Waals surface area contributed by atoms with Gasteiger partial charge in [-0.15, -0.1) is 0 Å². The van der Waals surface area contributed by atoms with E-state index in [1.165, 1.54) is 0 Å². The van der Waals surface area contributed by atoms with Crippen molar-refractivity contribution in [2.45, 2.75) is 13.0 Å². The minimum Gasteiger partial charge on any atom is -0.508 e. The van der Waals surface area contributed by atoms with Gasteiger partial charge >= 0.3 is 0 Å². The molecule has 0 spiro atoms. The van der Waals surface area contributed by atoms with Gasteiger partial charge in [0.1, 0.15) is 11.3 Å². The molecule has 0 aliphatic carbocycles. The van der Waals surface area contributed by atoms with Crippen molar-refractivity contribution < 1.29 is 9.90 Å². The van der Waals surface area contributed by atoms with Crippen molar-refractivity contribution in [1.29, 1.82) is 0 Å². The number of aromatic nitrogens is 4. The Morgan fingerprint density at radius 2 is 1.93 bits per heavy atom. The Kier molecular flexibility index (Phi) is 4.97. The summed E-state index contributed by atoms with van der Waals surface area (Å²) in [6.45, 7) is 1.12. The van der Waals surface area contributed by atoms with E-state index in [0.717, 1.165) is 16.8 Å². The topological polar surface area (TPSA) is 92.9 Å². The Morgan fingerprint density at radius 3 is 2.71 bits per heavy atom. The molecule has 7 heteroatoms. The molecule has 0 radical (unpaired) electrons. The van der Waals surface area contributed by atoms with E-state index in [0.29, 0.717) is 30.6 Å². The molecule has 28 heavy (non-hydrogen) atoms. The third-order valence-corrected chi connectivity index (χ3v) is 4.43. The van der Waals surface area contributed by atoms with Gasteiger partial charge in [0, 0.05) is 25.1 Å². The van der Waals surface area contributed by atoms with Gasteiger partial charge in [0.2, 0.25) is 0 Å². The third-order valence-electron chi connectivity index (χ3n) is 4.43. The highest BCUT2D eigenvalue weighted by atomic mass is 16.3. The number of rotatable bonds is 6. The molecule has 0 aliphatic heterocycles. The molecule has 0 saturated carbocycles. The van der Waals surface area contributed by atoms with Gasteiger partial charge in [0.15, 0.2) is 5.65 Å². The van der Waals surface area contributed by atoms with Gasteiger partial charge in [-0.1, -0.05) is 18.2 Å². The second kappa shape index (κ2) is 7.87. The molecule has 4 aromatic rings. The average molecular weight is 373 g/mol. The molecule has 0 saturated heterocycles. The van der Waals surface area contributed by atoms with Crippen LogP contribution in [0.25, 0.3) is 11.2 Å². The van der Waals surface area contributed by atoms with Crippen molar-refractivity contribution in [1.82, 2.24) is 24.8 Å². The molecule has 0 aliphatic rings. The first-order valence-corrected chi connectivity index (χ1v) is 8.95. The first kappa shape index (κ1) is 17.7. The van der Waals surface area contributed by atoms with E-state index in [1.54, 1.807) is 36.9 Å². The van der Waals surface area contributed by atoms with Gasteiger partial charge in [0.05, 0.1) is 18.4 Å². The lowest BCUT2D eigenvalue weighted by atomic mass is 10.1. The number of nitrogens with zero attached hydrogens (tertiary/aromatic N) is 4. The van der Waals surface area contributed by atoms with Crippen molar-refractivity contribution in [2.75, 3.05) is 6.54 Å². The van der Waals surface area contributed by atoms with Crippen LogP contribution in [-0.4, -0.2) is 37.1 Å². The predicted octanol–water partition coefficient (Wildman–Crippen LogP) is 2.55. The number of pyridine rings is 2. The molecule has 2 N–H and O–H groups in total. The van der Waals surface area contributed by atoms with Crippen LogP contribution in [0.4, 0.5) is 0 Å². The second-order valence-corrected chi connectivity index (χ2v) is 6.47. The van der Waals surface area contributed by atoms with E-state index < -0.39 is 0 Å². The van der Waals surface area contributed by atoms with Gasteiger partial charge in [-0.25, -0.2) is 9.97 Å². The molecule has 0 unspecified atom stereocenters. The number of fused-ring (bicyclic) bond motifs is 1. The van der Waals surface area contributed by atoms with Gasteiger partial charge in [-0.05, 0) is 41.8 Å². The zero-order valence-electron chi connectivity index (χ0n) is 15.1. The van der Waals surface area contributed by atoms with Crippen LogP contribution in [-0.2, 0) is 13.0 Å². The average Bonchev–Trinajstić information content (AvgIpc) is 3.12. The number of phenolic OH excluding ortho intramolecular Hbond substituents is 1. The SMILES string of the molecule is O=C(NCCc1ccc(O)cc1)c1cnc2c(c1)ncn2Cc1cccnc1. The van der Waals surface area contributed by atoms with E-state index in [2.05, 4.69) is 20.3 Å². The highest BCUT2D eigenvalue weighted by Crippen LogP contribution is 2.14. The summed E-state index contributed by atoms with van der Waals surface area (Å²) in [5, 5.41) is 12.2. The predicted molar refractivity (Wildman–Crippen MR) is 105 cm³/mol. The monoisotopic (exact) mass is 373 g/mol. The second-order valence-electron chi connectivity index (χ2n) is 6.47. The first-order chi connectivity index (χ1) is 13.7. The lowest BCUT2D eigenvalue weighted by Crippen LogP contribution is -2.25. The Balaban J connectivity index is 1.41. The van der Waals surface area contributed by atoms with E-state index in [4.69, 9.17) is 0 Å². The summed E-state index contributed by atoms with van der Waals surface area (Å²) in [5.74, 6) is 0.0464. The molecule has 7 nitrogen and oxygen atoms in total. The number of carbonyl (C=O) groups is 1. The number of phenols is 1. The fourth-order valence-corrected chi connectivity index (χ4v) is 2.96. The normalized spacial score (nSPS) is 10.9. The Hall–Kier alpha value is -3.74. The molecule has 4 rings (SSSR count). The third kappa shape index (κ3) is 3.98. The molecule has 1 aromatic carbocycles.